The van der Waals surface area contributed by atoms with Gasteiger partial charge in [-0.25, -0.2) is 0 Å². The number of halogens is 1. The lowest BCUT2D eigenvalue weighted by atomic mass is 9.95. The normalized spacial score (nSPS) is 22.2. The predicted molar refractivity (Wildman–Crippen MR) is 81.3 cm³/mol. The fourth-order valence-corrected chi connectivity index (χ4v) is 3.20. The summed E-state index contributed by atoms with van der Waals surface area (Å²) in [5.41, 5.74) is 2.28. The third-order valence-corrected chi connectivity index (χ3v) is 4.68. The van der Waals surface area contributed by atoms with E-state index < -0.39 is 5.97 Å². The van der Waals surface area contributed by atoms with Gasteiger partial charge in [0, 0.05) is 12.6 Å². The van der Waals surface area contributed by atoms with Crippen LogP contribution in [-0.4, -0.2) is 24.7 Å². The summed E-state index contributed by atoms with van der Waals surface area (Å²) in [4.78, 5) is 11.1. The van der Waals surface area contributed by atoms with E-state index in [0.29, 0.717) is 18.9 Å². The van der Waals surface area contributed by atoms with Gasteiger partial charge in [0.05, 0.1) is 17.5 Å². The zero-order valence-corrected chi connectivity index (χ0v) is 13.5. The van der Waals surface area contributed by atoms with Gasteiger partial charge in [0.15, 0.2) is 0 Å². The van der Waals surface area contributed by atoms with E-state index in [-0.39, 0.29) is 12.0 Å². The molecule has 0 aliphatic carbocycles. The maximum absolute atomic E-state index is 11.1. The van der Waals surface area contributed by atoms with Crippen LogP contribution < -0.4 is 10.1 Å². The molecule has 20 heavy (non-hydrogen) atoms. The van der Waals surface area contributed by atoms with Crippen LogP contribution in [0.2, 0.25) is 0 Å². The van der Waals surface area contributed by atoms with E-state index >= 15 is 0 Å². The fraction of sp³-hybridized carbons (Fsp3) is 0.533. The number of hydrogen-bond donors (Lipinski definition) is 2. The molecule has 0 radical (unpaired) electrons. The smallest absolute Gasteiger partial charge is 0.307 e. The molecule has 0 amide bonds. The third-order valence-electron chi connectivity index (χ3n) is 3.83. The maximum Gasteiger partial charge on any atom is 0.307 e. The Morgan fingerprint density at radius 1 is 1.50 bits per heavy atom. The number of methoxy groups -OCH3 is 1. The molecule has 1 aliphatic heterocycles. The van der Waals surface area contributed by atoms with E-state index in [2.05, 4.69) is 41.2 Å². The third kappa shape index (κ3) is 2.99. The van der Waals surface area contributed by atoms with E-state index in [1.165, 1.54) is 5.56 Å². The van der Waals surface area contributed by atoms with E-state index in [9.17, 15) is 4.79 Å². The van der Waals surface area contributed by atoms with Crippen molar-refractivity contribution in [2.24, 2.45) is 5.92 Å². The molecule has 1 aliphatic rings. The summed E-state index contributed by atoms with van der Waals surface area (Å²) in [7, 11) is 1.65. The van der Waals surface area contributed by atoms with Crippen LogP contribution >= 0.6 is 15.9 Å². The summed E-state index contributed by atoms with van der Waals surface area (Å²) < 4.78 is 6.33. The molecule has 1 fully saturated rings. The molecular formula is C15H20BrNO3. The standard InChI is InChI=1S/C15H20BrNO3/c1-8(2)9-4-11(14(16)13(6-9)20-3)12-5-10(7-17-12)15(18)19/h4,6,8,10,12,17H,5,7H2,1-3H3,(H,18,19). The highest BCUT2D eigenvalue weighted by molar-refractivity contribution is 9.10. The first-order valence-corrected chi connectivity index (χ1v) is 7.56. The zero-order chi connectivity index (χ0) is 14.9. The largest absolute Gasteiger partial charge is 0.496 e. The Labute approximate surface area is 127 Å². The minimum absolute atomic E-state index is 0.0538. The predicted octanol–water partition coefficient (Wildman–Crippen LogP) is 3.32. The number of carboxylic acids is 1. The van der Waals surface area contributed by atoms with Crippen molar-refractivity contribution in [3.05, 3.63) is 27.7 Å². The summed E-state index contributed by atoms with van der Waals surface area (Å²) in [6, 6.07) is 4.22. The van der Waals surface area contributed by atoms with Gasteiger partial charge in [0.25, 0.3) is 0 Å². The second-order valence-corrected chi connectivity index (χ2v) is 6.31. The molecule has 1 aromatic carbocycles. The van der Waals surface area contributed by atoms with Gasteiger partial charge >= 0.3 is 5.97 Å². The van der Waals surface area contributed by atoms with E-state index in [0.717, 1.165) is 15.8 Å². The number of nitrogens with one attached hydrogen (secondary N) is 1. The summed E-state index contributed by atoms with van der Waals surface area (Å²) in [5, 5.41) is 12.4. The number of ether oxygens (including phenoxy) is 1. The van der Waals surface area contributed by atoms with Crippen LogP contribution in [-0.2, 0) is 4.79 Å². The molecule has 4 nitrogen and oxygen atoms in total. The van der Waals surface area contributed by atoms with Gasteiger partial charge in [-0.05, 0) is 45.5 Å². The molecule has 2 unspecified atom stereocenters. The molecule has 1 heterocycles. The number of aliphatic carboxylic acids is 1. The Bertz CT molecular complexity index is 516. The molecule has 5 heteroatoms. The van der Waals surface area contributed by atoms with E-state index in [1.54, 1.807) is 7.11 Å². The van der Waals surface area contributed by atoms with Gasteiger partial charge in [-0.15, -0.1) is 0 Å². The highest BCUT2D eigenvalue weighted by Crippen LogP contribution is 2.39. The average molecular weight is 342 g/mol. The van der Waals surface area contributed by atoms with Crippen LogP contribution in [0.3, 0.4) is 0 Å². The van der Waals surface area contributed by atoms with Crippen molar-refractivity contribution < 1.29 is 14.6 Å². The number of hydrogen-bond acceptors (Lipinski definition) is 3. The topological polar surface area (TPSA) is 58.6 Å². The lowest BCUT2D eigenvalue weighted by molar-refractivity contribution is -0.141. The molecule has 0 spiro atoms. The average Bonchev–Trinajstić information content (AvgIpc) is 2.88. The first kappa shape index (κ1) is 15.3. The summed E-state index contributed by atoms with van der Waals surface area (Å²) in [6.45, 7) is 4.78. The van der Waals surface area contributed by atoms with Crippen molar-refractivity contribution in [3.63, 3.8) is 0 Å². The van der Waals surface area contributed by atoms with E-state index in [1.807, 2.05) is 6.07 Å². The van der Waals surface area contributed by atoms with Gasteiger partial charge in [0.2, 0.25) is 0 Å². The molecule has 2 atom stereocenters. The summed E-state index contributed by atoms with van der Waals surface area (Å²) >= 11 is 3.58. The summed E-state index contributed by atoms with van der Waals surface area (Å²) in [5.74, 6) is 0.142. The van der Waals surface area contributed by atoms with Gasteiger partial charge in [-0.2, -0.15) is 0 Å². The number of carbonyl (C=O) groups is 1. The Balaban J connectivity index is 2.36. The quantitative estimate of drug-likeness (QED) is 0.881. The fourth-order valence-electron chi connectivity index (χ4n) is 2.54. The van der Waals surface area contributed by atoms with Gasteiger partial charge in [-0.3, -0.25) is 4.79 Å². The molecule has 0 aromatic heterocycles. The van der Waals surface area contributed by atoms with Crippen LogP contribution in [0.15, 0.2) is 16.6 Å². The van der Waals surface area contributed by atoms with Crippen LogP contribution in [0.4, 0.5) is 0 Å². The van der Waals surface area contributed by atoms with Crippen LogP contribution in [0.5, 0.6) is 5.75 Å². The first-order valence-electron chi connectivity index (χ1n) is 6.77. The zero-order valence-electron chi connectivity index (χ0n) is 11.9. The molecule has 0 saturated carbocycles. The van der Waals surface area contributed by atoms with E-state index in [4.69, 9.17) is 9.84 Å². The number of benzene rings is 1. The lowest BCUT2D eigenvalue weighted by Gasteiger charge is -2.18. The number of carboxylic acid groups (broad SMARTS) is 1. The molecule has 1 aromatic rings. The highest BCUT2D eigenvalue weighted by Gasteiger charge is 2.32. The molecule has 0 bridgehead atoms. The van der Waals surface area contributed by atoms with Crippen molar-refractivity contribution in [2.45, 2.75) is 32.2 Å². The van der Waals surface area contributed by atoms with Crippen molar-refractivity contribution in [3.8, 4) is 5.75 Å². The second-order valence-electron chi connectivity index (χ2n) is 5.51. The monoisotopic (exact) mass is 341 g/mol. The highest BCUT2D eigenvalue weighted by atomic mass is 79.9. The SMILES string of the molecule is COc1cc(C(C)C)cc(C2CC(C(=O)O)CN2)c1Br. The lowest BCUT2D eigenvalue weighted by Crippen LogP contribution is -2.17. The Kier molecular flexibility index (Phi) is 4.70. The molecule has 2 rings (SSSR count). The minimum atomic E-state index is -0.733. The van der Waals surface area contributed by atoms with Crippen LogP contribution in [0.25, 0.3) is 0 Å². The molecule has 110 valence electrons. The summed E-state index contributed by atoms with van der Waals surface area (Å²) in [6.07, 6.45) is 0.610. The molecule has 2 N–H and O–H groups in total. The van der Waals surface area contributed by atoms with Gasteiger partial charge in [-0.1, -0.05) is 19.9 Å². The van der Waals surface area contributed by atoms with Gasteiger partial charge < -0.3 is 15.2 Å². The minimum Gasteiger partial charge on any atom is -0.496 e. The Hall–Kier alpha value is -1.07. The first-order chi connectivity index (χ1) is 9.43. The number of rotatable bonds is 4. The van der Waals surface area contributed by atoms with Crippen molar-refractivity contribution in [2.75, 3.05) is 13.7 Å². The molecular weight excluding hydrogens is 322 g/mol. The Morgan fingerprint density at radius 2 is 2.20 bits per heavy atom. The van der Waals surface area contributed by atoms with Crippen LogP contribution in [0.1, 0.15) is 43.4 Å². The van der Waals surface area contributed by atoms with Crippen molar-refractivity contribution in [1.82, 2.24) is 5.32 Å². The van der Waals surface area contributed by atoms with Crippen molar-refractivity contribution in [1.29, 1.82) is 0 Å². The Morgan fingerprint density at radius 3 is 2.70 bits per heavy atom. The van der Waals surface area contributed by atoms with Gasteiger partial charge in [0.1, 0.15) is 5.75 Å². The molecule has 1 saturated heterocycles. The van der Waals surface area contributed by atoms with Crippen molar-refractivity contribution >= 4 is 21.9 Å². The van der Waals surface area contributed by atoms with Crippen LogP contribution in [0, 0.1) is 5.92 Å². The maximum atomic E-state index is 11.1. The second kappa shape index (κ2) is 6.14.